The molecule has 0 fully saturated rings. The van der Waals surface area contributed by atoms with Gasteiger partial charge in [-0.3, -0.25) is 9.36 Å². The Balaban J connectivity index is 4.38. The Morgan fingerprint density at radius 1 is 0.574 bits per heavy atom. The summed E-state index contributed by atoms with van der Waals surface area (Å²) in [5.74, 6) is -0.212. The van der Waals surface area contributed by atoms with Crippen LogP contribution in [0.1, 0.15) is 226 Å². The maximum atomic E-state index is 12.9. The van der Waals surface area contributed by atoms with Crippen LogP contribution in [0.25, 0.3) is 0 Å². The van der Waals surface area contributed by atoms with E-state index in [4.69, 9.17) is 9.05 Å². The Bertz CT molecular complexity index is 1130. The molecule has 0 aliphatic heterocycles. The lowest BCUT2D eigenvalue weighted by Gasteiger charge is -2.29. The van der Waals surface area contributed by atoms with Gasteiger partial charge in [0.1, 0.15) is 13.2 Å². The number of aliphatic hydroxyl groups excluding tert-OH is 1. The number of carbonyl (C=O) groups is 1. The number of nitrogens with zero attached hydrogens (tertiary/aromatic N) is 1. The van der Waals surface area contributed by atoms with Gasteiger partial charge in [0.15, 0.2) is 0 Å². The molecule has 1 amide bonds. The van der Waals surface area contributed by atoms with Crippen molar-refractivity contribution in [3.05, 3.63) is 48.6 Å². The van der Waals surface area contributed by atoms with Gasteiger partial charge in [-0.1, -0.05) is 204 Å². The topological polar surface area (TPSA) is 108 Å². The number of hydrogen-bond donors (Lipinski definition) is 2. The van der Waals surface area contributed by atoms with Crippen LogP contribution in [0, 0.1) is 0 Å². The van der Waals surface area contributed by atoms with Crippen molar-refractivity contribution in [2.75, 3.05) is 40.9 Å². The van der Waals surface area contributed by atoms with E-state index in [1.165, 1.54) is 161 Å². The SMILES string of the molecule is CCCCC/C=C\C/C=C\CCCCCCCCCCCC(=O)NC(COP(=O)([O-])OCC[N+](C)(C)C)C(O)/C=C/CC/C=C/CCCCCCCCCCCCCCCC. The lowest BCUT2D eigenvalue weighted by atomic mass is 10.0. The fraction of sp³-hybridized carbons (Fsp3) is 0.827. The van der Waals surface area contributed by atoms with Gasteiger partial charge >= 0.3 is 0 Å². The summed E-state index contributed by atoms with van der Waals surface area (Å²) < 4.78 is 23.3. The number of unbranched alkanes of at least 4 members (excludes halogenated alkanes) is 27. The lowest BCUT2D eigenvalue weighted by molar-refractivity contribution is -0.870. The number of phosphoric acid groups is 1. The highest BCUT2D eigenvalue weighted by atomic mass is 31.2. The monoisotopic (exact) mass is 879 g/mol. The summed E-state index contributed by atoms with van der Waals surface area (Å²) in [4.78, 5) is 25.4. The second-order valence-electron chi connectivity index (χ2n) is 18.5. The second kappa shape index (κ2) is 43.7. The molecule has 3 atom stereocenters. The molecule has 0 saturated heterocycles. The van der Waals surface area contributed by atoms with Crippen LogP contribution in [0.15, 0.2) is 48.6 Å². The van der Waals surface area contributed by atoms with Crippen molar-refractivity contribution in [3.63, 3.8) is 0 Å². The van der Waals surface area contributed by atoms with Gasteiger partial charge in [0.2, 0.25) is 5.91 Å². The first-order chi connectivity index (χ1) is 29.5. The van der Waals surface area contributed by atoms with Crippen LogP contribution in [0.4, 0.5) is 0 Å². The number of phosphoric ester groups is 1. The van der Waals surface area contributed by atoms with Crippen molar-refractivity contribution >= 4 is 13.7 Å². The highest BCUT2D eigenvalue weighted by molar-refractivity contribution is 7.45. The van der Waals surface area contributed by atoms with Gasteiger partial charge in [-0.15, -0.1) is 0 Å². The predicted molar refractivity (Wildman–Crippen MR) is 261 cm³/mol. The number of hydrogen-bond acceptors (Lipinski definition) is 6. The quantitative estimate of drug-likeness (QED) is 0.0273. The van der Waals surface area contributed by atoms with Crippen molar-refractivity contribution in [3.8, 4) is 0 Å². The molecule has 0 bridgehead atoms. The zero-order chi connectivity index (χ0) is 45.0. The Hall–Kier alpha value is -1.54. The van der Waals surface area contributed by atoms with Gasteiger partial charge in [0.25, 0.3) is 7.82 Å². The van der Waals surface area contributed by atoms with E-state index in [1.807, 2.05) is 27.2 Å². The minimum absolute atomic E-state index is 0.00809. The van der Waals surface area contributed by atoms with E-state index in [0.717, 1.165) is 44.9 Å². The molecule has 0 aliphatic rings. The highest BCUT2D eigenvalue weighted by Gasteiger charge is 2.23. The van der Waals surface area contributed by atoms with E-state index < -0.39 is 26.6 Å². The average molecular weight is 879 g/mol. The number of aliphatic hydroxyl groups is 1. The molecule has 0 aromatic carbocycles. The number of likely N-dealkylation sites (N-methyl/N-ethyl adjacent to an activating group) is 1. The number of nitrogens with one attached hydrogen (secondary N) is 1. The van der Waals surface area contributed by atoms with Crippen LogP contribution >= 0.6 is 7.82 Å². The Kier molecular flexibility index (Phi) is 42.6. The van der Waals surface area contributed by atoms with Crippen LogP contribution in [0.3, 0.4) is 0 Å². The maximum absolute atomic E-state index is 12.9. The van der Waals surface area contributed by atoms with Gasteiger partial charge in [0.05, 0.1) is 39.9 Å². The minimum Gasteiger partial charge on any atom is -0.756 e. The summed E-state index contributed by atoms with van der Waals surface area (Å²) in [6, 6.07) is -0.906. The molecule has 0 saturated carbocycles. The van der Waals surface area contributed by atoms with E-state index in [9.17, 15) is 19.4 Å². The van der Waals surface area contributed by atoms with Crippen molar-refractivity contribution < 1.29 is 32.9 Å². The van der Waals surface area contributed by atoms with Crippen LogP contribution in [-0.4, -0.2) is 68.5 Å². The largest absolute Gasteiger partial charge is 0.756 e. The van der Waals surface area contributed by atoms with Crippen LogP contribution in [0.5, 0.6) is 0 Å². The van der Waals surface area contributed by atoms with Crippen molar-refractivity contribution in [1.29, 1.82) is 0 Å². The molecule has 358 valence electrons. The fourth-order valence-corrected chi connectivity index (χ4v) is 7.92. The fourth-order valence-electron chi connectivity index (χ4n) is 7.20. The summed E-state index contributed by atoms with van der Waals surface area (Å²) in [6.07, 6.45) is 55.9. The zero-order valence-electron chi connectivity index (χ0n) is 40.6. The molecular weight excluding hydrogens is 780 g/mol. The normalized spacial score (nSPS) is 14.5. The van der Waals surface area contributed by atoms with Gasteiger partial charge in [-0.05, 0) is 64.2 Å². The molecule has 3 unspecified atom stereocenters. The molecule has 0 spiro atoms. The first-order valence-electron chi connectivity index (χ1n) is 25.5. The number of quaternary nitrogens is 1. The molecule has 0 aromatic rings. The number of amides is 1. The molecule has 61 heavy (non-hydrogen) atoms. The van der Waals surface area contributed by atoms with Gasteiger partial charge in [-0.25, -0.2) is 0 Å². The Labute approximate surface area is 378 Å². The van der Waals surface area contributed by atoms with E-state index in [-0.39, 0.29) is 12.5 Å². The number of rotatable bonds is 46. The van der Waals surface area contributed by atoms with Crippen LogP contribution < -0.4 is 10.2 Å². The third kappa shape index (κ3) is 46.3. The summed E-state index contributed by atoms with van der Waals surface area (Å²) in [7, 11) is 1.24. The maximum Gasteiger partial charge on any atom is 0.268 e. The number of carbonyl (C=O) groups excluding carboxylic acids is 1. The average Bonchev–Trinajstić information content (AvgIpc) is 3.21. The molecule has 8 nitrogen and oxygen atoms in total. The summed E-state index contributed by atoms with van der Waals surface area (Å²) in [5, 5.41) is 13.8. The summed E-state index contributed by atoms with van der Waals surface area (Å²) in [6.45, 7) is 4.61. The predicted octanol–water partition coefficient (Wildman–Crippen LogP) is 14.2. The van der Waals surface area contributed by atoms with E-state index in [0.29, 0.717) is 17.4 Å². The Morgan fingerprint density at radius 3 is 1.46 bits per heavy atom. The van der Waals surface area contributed by atoms with E-state index in [1.54, 1.807) is 6.08 Å². The number of allylic oxidation sites excluding steroid dienone is 7. The van der Waals surface area contributed by atoms with Gasteiger partial charge < -0.3 is 28.8 Å². The van der Waals surface area contributed by atoms with E-state index in [2.05, 4.69) is 55.6 Å². The Morgan fingerprint density at radius 2 is 0.967 bits per heavy atom. The first kappa shape index (κ1) is 59.5. The molecule has 0 heterocycles. The standard InChI is InChI=1S/C52H99N2O6P/c1-6-8-10-12-14-16-18-20-22-24-26-28-29-31-33-35-37-39-41-43-45-51(55)50(49-60-61(57,58)59-48-47-54(3,4)5)53-52(56)46-44-42-40-38-36-34-32-30-27-25-23-21-19-17-15-13-11-9-7-2/h15,17,21,23,35,37,43,45,50-51,55H,6-14,16,18-20,22,24-34,36,38-42,44,46-49H2,1-5H3,(H-,53,56,57,58)/b17-15-,23-21-,37-35+,45-43+. The molecule has 0 radical (unpaired) electrons. The molecule has 0 aliphatic carbocycles. The third-order valence-electron chi connectivity index (χ3n) is 11.3. The molecule has 0 aromatic heterocycles. The molecule has 2 N–H and O–H groups in total. The van der Waals surface area contributed by atoms with Crippen LogP contribution in [0.2, 0.25) is 0 Å². The van der Waals surface area contributed by atoms with Gasteiger partial charge in [0, 0.05) is 6.42 Å². The van der Waals surface area contributed by atoms with Crippen LogP contribution in [-0.2, 0) is 18.4 Å². The smallest absolute Gasteiger partial charge is 0.268 e. The third-order valence-corrected chi connectivity index (χ3v) is 12.2. The lowest BCUT2D eigenvalue weighted by Crippen LogP contribution is -2.45. The van der Waals surface area contributed by atoms with Crippen molar-refractivity contribution in [2.24, 2.45) is 0 Å². The molecule has 0 rings (SSSR count). The second-order valence-corrected chi connectivity index (χ2v) is 19.9. The molecular formula is C52H99N2O6P. The first-order valence-corrected chi connectivity index (χ1v) is 27.0. The zero-order valence-corrected chi connectivity index (χ0v) is 41.5. The summed E-state index contributed by atoms with van der Waals surface area (Å²) in [5.41, 5.74) is 0. The van der Waals surface area contributed by atoms with Crippen molar-refractivity contribution in [1.82, 2.24) is 5.32 Å². The highest BCUT2D eigenvalue weighted by Crippen LogP contribution is 2.38. The van der Waals surface area contributed by atoms with E-state index >= 15 is 0 Å². The van der Waals surface area contributed by atoms with Gasteiger partial charge in [-0.2, -0.15) is 0 Å². The van der Waals surface area contributed by atoms with Crippen molar-refractivity contribution in [2.45, 2.75) is 238 Å². The minimum atomic E-state index is -4.60. The summed E-state index contributed by atoms with van der Waals surface area (Å²) >= 11 is 0. The molecule has 9 heteroatoms.